The van der Waals surface area contributed by atoms with Crippen LogP contribution in [-0.4, -0.2) is 49.3 Å². The van der Waals surface area contributed by atoms with E-state index in [1.165, 1.54) is 0 Å². The second kappa shape index (κ2) is 9.39. The molecule has 35 heavy (non-hydrogen) atoms. The molecular formula is C26H32N6O3. The third kappa shape index (κ3) is 4.78. The standard InChI is InChI=1S/C26H32N6O3/c1-17-8-5-9-18-14-21(25(33)27-22(17)18)23(24-28-29-30-32(24)26(2,3)4)31(15-19-10-6-12-34-19)16-20-11-7-13-35-20/h5-6,8-10,12,14,20,23H,7,11,13,15-16H2,1-4H3,(H,27,33)/t20-,23-/m0/s1. The van der Waals surface area contributed by atoms with Gasteiger partial charge in [0.25, 0.3) is 5.56 Å². The molecule has 1 aromatic carbocycles. The van der Waals surface area contributed by atoms with Crippen molar-refractivity contribution in [3.63, 3.8) is 0 Å². The van der Waals surface area contributed by atoms with E-state index >= 15 is 0 Å². The maximum absolute atomic E-state index is 13.6. The Balaban J connectivity index is 1.70. The first kappa shape index (κ1) is 23.4. The van der Waals surface area contributed by atoms with E-state index in [2.05, 4.69) is 46.2 Å². The van der Waals surface area contributed by atoms with E-state index in [4.69, 9.17) is 9.15 Å². The van der Waals surface area contributed by atoms with Gasteiger partial charge in [0.15, 0.2) is 5.82 Å². The minimum atomic E-state index is -0.507. The number of H-pyrrole nitrogens is 1. The van der Waals surface area contributed by atoms with Crippen LogP contribution in [0.4, 0.5) is 0 Å². The maximum Gasteiger partial charge on any atom is 0.253 e. The zero-order valence-electron chi connectivity index (χ0n) is 20.7. The Bertz CT molecular complexity index is 1350. The molecule has 0 bridgehead atoms. The number of benzene rings is 1. The van der Waals surface area contributed by atoms with Gasteiger partial charge in [-0.15, -0.1) is 5.10 Å². The van der Waals surface area contributed by atoms with Gasteiger partial charge in [-0.3, -0.25) is 9.69 Å². The van der Waals surface area contributed by atoms with Crippen molar-refractivity contribution in [3.05, 3.63) is 75.7 Å². The quantitative estimate of drug-likeness (QED) is 0.431. The number of rotatable bonds is 7. The maximum atomic E-state index is 13.6. The van der Waals surface area contributed by atoms with Gasteiger partial charge in [-0.2, -0.15) is 0 Å². The molecule has 4 aromatic rings. The number of aromatic amines is 1. The molecule has 9 nitrogen and oxygen atoms in total. The number of ether oxygens (including phenoxy) is 1. The fourth-order valence-electron chi connectivity index (χ4n) is 4.86. The number of aryl methyl sites for hydroxylation is 1. The van der Waals surface area contributed by atoms with Crippen LogP contribution in [0.2, 0.25) is 0 Å². The number of fused-ring (bicyclic) bond motifs is 1. The summed E-state index contributed by atoms with van der Waals surface area (Å²) in [6, 6.07) is 11.3. The summed E-state index contributed by atoms with van der Waals surface area (Å²) < 4.78 is 13.5. The number of hydrogen-bond acceptors (Lipinski definition) is 7. The second-order valence-electron chi connectivity index (χ2n) is 10.3. The number of nitrogens with one attached hydrogen (secondary N) is 1. The van der Waals surface area contributed by atoms with Crippen LogP contribution in [0.5, 0.6) is 0 Å². The number of para-hydroxylation sites is 1. The van der Waals surface area contributed by atoms with Gasteiger partial charge < -0.3 is 14.1 Å². The lowest BCUT2D eigenvalue weighted by Crippen LogP contribution is -2.40. The van der Waals surface area contributed by atoms with E-state index in [9.17, 15) is 4.79 Å². The summed E-state index contributed by atoms with van der Waals surface area (Å²) in [5, 5.41) is 13.8. The van der Waals surface area contributed by atoms with Crippen molar-refractivity contribution in [2.24, 2.45) is 0 Å². The first-order chi connectivity index (χ1) is 16.8. The number of aromatic nitrogens is 5. The van der Waals surface area contributed by atoms with Crippen molar-refractivity contribution in [2.75, 3.05) is 13.2 Å². The Labute approximate surface area is 204 Å². The Morgan fingerprint density at radius 2 is 2.11 bits per heavy atom. The summed E-state index contributed by atoms with van der Waals surface area (Å²) in [7, 11) is 0. The van der Waals surface area contributed by atoms with Gasteiger partial charge in [-0.05, 0) is 80.1 Å². The molecule has 1 saturated heterocycles. The topological polar surface area (TPSA) is 102 Å². The smallest absolute Gasteiger partial charge is 0.253 e. The van der Waals surface area contributed by atoms with Crippen molar-refractivity contribution in [3.8, 4) is 0 Å². The van der Waals surface area contributed by atoms with Crippen LogP contribution in [0.3, 0.4) is 0 Å². The van der Waals surface area contributed by atoms with Crippen LogP contribution < -0.4 is 5.56 Å². The van der Waals surface area contributed by atoms with E-state index in [0.29, 0.717) is 24.5 Å². The van der Waals surface area contributed by atoms with E-state index in [0.717, 1.165) is 41.7 Å². The van der Waals surface area contributed by atoms with E-state index in [-0.39, 0.29) is 17.2 Å². The number of hydrogen-bond donors (Lipinski definition) is 1. The van der Waals surface area contributed by atoms with Gasteiger partial charge in [0, 0.05) is 18.7 Å². The third-order valence-electron chi connectivity index (χ3n) is 6.55. The molecule has 0 aliphatic carbocycles. The predicted molar refractivity (Wildman–Crippen MR) is 132 cm³/mol. The Morgan fingerprint density at radius 1 is 1.26 bits per heavy atom. The fraction of sp³-hybridized carbons (Fsp3) is 0.462. The number of tetrazole rings is 1. The largest absolute Gasteiger partial charge is 0.468 e. The molecule has 5 rings (SSSR count). The van der Waals surface area contributed by atoms with Crippen LogP contribution in [0.15, 0.2) is 51.9 Å². The monoisotopic (exact) mass is 476 g/mol. The third-order valence-corrected chi connectivity index (χ3v) is 6.55. The molecular weight excluding hydrogens is 444 g/mol. The first-order valence-electron chi connectivity index (χ1n) is 12.1. The van der Waals surface area contributed by atoms with Gasteiger partial charge in [0.1, 0.15) is 11.8 Å². The lowest BCUT2D eigenvalue weighted by atomic mass is 10.00. The Hall–Kier alpha value is -3.30. The lowest BCUT2D eigenvalue weighted by molar-refractivity contribution is 0.0536. The Morgan fingerprint density at radius 3 is 2.83 bits per heavy atom. The number of furan rings is 1. The molecule has 9 heteroatoms. The molecule has 0 amide bonds. The van der Waals surface area contributed by atoms with Gasteiger partial charge >= 0.3 is 0 Å². The first-order valence-corrected chi connectivity index (χ1v) is 12.1. The Kier molecular flexibility index (Phi) is 6.29. The van der Waals surface area contributed by atoms with Crippen LogP contribution in [0, 0.1) is 6.92 Å². The molecule has 1 aliphatic heterocycles. The van der Waals surface area contributed by atoms with Crippen molar-refractivity contribution in [2.45, 2.75) is 64.8 Å². The van der Waals surface area contributed by atoms with Crippen molar-refractivity contribution < 1.29 is 9.15 Å². The molecule has 4 heterocycles. The molecule has 2 atom stereocenters. The second-order valence-corrected chi connectivity index (χ2v) is 10.3. The zero-order chi connectivity index (χ0) is 24.6. The van der Waals surface area contributed by atoms with Crippen LogP contribution in [0.1, 0.15) is 62.4 Å². The van der Waals surface area contributed by atoms with Crippen molar-refractivity contribution >= 4 is 10.9 Å². The summed E-state index contributed by atoms with van der Waals surface area (Å²) in [6.07, 6.45) is 3.73. The van der Waals surface area contributed by atoms with Crippen molar-refractivity contribution in [1.82, 2.24) is 30.1 Å². The average Bonchev–Trinajstić information content (AvgIpc) is 3.58. The van der Waals surface area contributed by atoms with Crippen molar-refractivity contribution in [1.29, 1.82) is 0 Å². The molecule has 1 fully saturated rings. The molecule has 0 spiro atoms. The van der Waals surface area contributed by atoms with E-state index in [1.54, 1.807) is 6.26 Å². The molecule has 0 saturated carbocycles. The molecule has 1 aliphatic rings. The van der Waals surface area contributed by atoms with Gasteiger partial charge in [0.2, 0.25) is 0 Å². The number of pyridine rings is 1. The highest BCUT2D eigenvalue weighted by atomic mass is 16.5. The molecule has 0 unspecified atom stereocenters. The van der Waals surface area contributed by atoms with E-state index < -0.39 is 6.04 Å². The minimum Gasteiger partial charge on any atom is -0.468 e. The van der Waals surface area contributed by atoms with Gasteiger partial charge in [-0.1, -0.05) is 18.2 Å². The van der Waals surface area contributed by atoms with Crippen LogP contribution in [-0.2, 0) is 16.8 Å². The zero-order valence-corrected chi connectivity index (χ0v) is 20.7. The number of nitrogens with zero attached hydrogens (tertiary/aromatic N) is 5. The molecule has 0 radical (unpaired) electrons. The minimum absolute atomic E-state index is 0.0632. The predicted octanol–water partition coefficient (Wildman–Crippen LogP) is 3.94. The van der Waals surface area contributed by atoms with Gasteiger partial charge in [-0.25, -0.2) is 4.68 Å². The fourth-order valence-corrected chi connectivity index (χ4v) is 4.86. The summed E-state index contributed by atoms with van der Waals surface area (Å²) in [5.41, 5.74) is 1.92. The SMILES string of the molecule is Cc1cccc2cc([C@@H](c3nnnn3C(C)(C)C)N(Cc3ccco3)C[C@@H]3CCCO3)c(=O)[nH]c12. The molecule has 1 N–H and O–H groups in total. The molecule has 3 aromatic heterocycles. The van der Waals surface area contributed by atoms with Gasteiger partial charge in [0.05, 0.1) is 30.0 Å². The average molecular weight is 477 g/mol. The highest BCUT2D eigenvalue weighted by Crippen LogP contribution is 2.32. The molecule has 184 valence electrons. The summed E-state index contributed by atoms with van der Waals surface area (Å²) in [4.78, 5) is 18.9. The van der Waals surface area contributed by atoms with Crippen LogP contribution in [0.25, 0.3) is 10.9 Å². The summed E-state index contributed by atoms with van der Waals surface area (Å²) >= 11 is 0. The van der Waals surface area contributed by atoms with Crippen LogP contribution >= 0.6 is 0 Å². The summed E-state index contributed by atoms with van der Waals surface area (Å²) in [5.74, 6) is 1.41. The highest BCUT2D eigenvalue weighted by Gasteiger charge is 2.35. The summed E-state index contributed by atoms with van der Waals surface area (Å²) in [6.45, 7) is 10.0. The lowest BCUT2D eigenvalue weighted by Gasteiger charge is -2.33. The van der Waals surface area contributed by atoms with E-state index in [1.807, 2.05) is 48.0 Å². The highest BCUT2D eigenvalue weighted by molar-refractivity contribution is 5.82. The normalized spacial score (nSPS) is 17.5.